The van der Waals surface area contributed by atoms with E-state index in [0.717, 1.165) is 35.4 Å². The number of nitrogens with zero attached hydrogens (tertiary/aromatic N) is 2. The molecule has 1 aliphatic carbocycles. The zero-order valence-corrected chi connectivity index (χ0v) is 16.6. The molecule has 1 amide bonds. The summed E-state index contributed by atoms with van der Waals surface area (Å²) < 4.78 is 5.31. The van der Waals surface area contributed by atoms with Crippen LogP contribution in [-0.4, -0.2) is 36.3 Å². The topological polar surface area (TPSA) is 51.1 Å². The van der Waals surface area contributed by atoms with Crippen LogP contribution in [0.25, 0.3) is 0 Å². The van der Waals surface area contributed by atoms with Gasteiger partial charge in [0, 0.05) is 29.5 Å². The van der Waals surface area contributed by atoms with Crippen molar-refractivity contribution in [2.45, 2.75) is 31.9 Å². The second kappa shape index (κ2) is 8.23. The molecule has 0 saturated heterocycles. The Morgan fingerprint density at radius 2 is 2.07 bits per heavy atom. The van der Waals surface area contributed by atoms with E-state index < -0.39 is 0 Å². The molecule has 0 radical (unpaired) electrons. The van der Waals surface area contributed by atoms with Crippen molar-refractivity contribution in [3.8, 4) is 5.75 Å². The molecule has 2 aromatic rings. The number of amides is 1. The lowest BCUT2D eigenvalue weighted by Crippen LogP contribution is -2.38. The fourth-order valence-corrected chi connectivity index (χ4v) is 3.68. The number of methoxy groups -OCH3 is 1. The number of ether oxygens (including phenoxy) is 1. The predicted molar refractivity (Wildman–Crippen MR) is 109 cm³/mol. The molecule has 1 fully saturated rings. The molecule has 6 heteroatoms. The Morgan fingerprint density at radius 3 is 2.82 bits per heavy atom. The standard InChI is InChI=1S/C22H23ClN2O3/c1-27-17-6-4-5-15(11-17)13-25(22(26)16-9-10-16)14-18-12-21(24-28-18)19-7-2-3-8-20(19)23/h2-8,11,16,18H,9-10,12-14H2,1H3. The van der Waals surface area contributed by atoms with Crippen molar-refractivity contribution < 1.29 is 14.4 Å². The molecule has 1 atom stereocenters. The molecule has 0 N–H and O–H groups in total. The molecule has 2 aromatic carbocycles. The second-order valence-corrected chi connectivity index (χ2v) is 7.70. The number of halogens is 1. The number of oxime groups is 1. The Morgan fingerprint density at radius 1 is 1.25 bits per heavy atom. The summed E-state index contributed by atoms with van der Waals surface area (Å²) in [5.41, 5.74) is 2.76. The summed E-state index contributed by atoms with van der Waals surface area (Å²) >= 11 is 6.28. The second-order valence-electron chi connectivity index (χ2n) is 7.29. The van der Waals surface area contributed by atoms with E-state index in [0.29, 0.717) is 24.5 Å². The molecule has 28 heavy (non-hydrogen) atoms. The Bertz CT molecular complexity index is 895. The number of carbonyl (C=O) groups excluding carboxylic acids is 1. The molecule has 1 aliphatic heterocycles. The molecule has 1 heterocycles. The fraction of sp³-hybridized carbons (Fsp3) is 0.364. The van der Waals surface area contributed by atoms with Gasteiger partial charge in [-0.05, 0) is 36.6 Å². The van der Waals surface area contributed by atoms with E-state index in [9.17, 15) is 4.79 Å². The minimum absolute atomic E-state index is 0.149. The van der Waals surface area contributed by atoms with E-state index in [4.69, 9.17) is 21.2 Å². The number of benzene rings is 2. The molecule has 0 aromatic heterocycles. The first-order valence-corrected chi connectivity index (χ1v) is 9.91. The molecule has 2 aliphatic rings. The van der Waals surface area contributed by atoms with Crippen molar-refractivity contribution in [1.29, 1.82) is 0 Å². The number of hydrogen-bond acceptors (Lipinski definition) is 4. The maximum absolute atomic E-state index is 12.8. The van der Waals surface area contributed by atoms with Gasteiger partial charge in [0.15, 0.2) is 6.10 Å². The van der Waals surface area contributed by atoms with E-state index >= 15 is 0 Å². The molecule has 4 rings (SSSR count). The first kappa shape index (κ1) is 18.8. The molecule has 5 nitrogen and oxygen atoms in total. The van der Waals surface area contributed by atoms with Crippen molar-refractivity contribution in [2.75, 3.05) is 13.7 Å². The van der Waals surface area contributed by atoms with Gasteiger partial charge in [-0.1, -0.05) is 47.1 Å². The molecule has 1 unspecified atom stereocenters. The van der Waals surface area contributed by atoms with E-state index in [1.54, 1.807) is 7.11 Å². The van der Waals surface area contributed by atoms with Gasteiger partial charge in [0.1, 0.15) is 5.75 Å². The lowest BCUT2D eigenvalue weighted by molar-refractivity contribution is -0.135. The quantitative estimate of drug-likeness (QED) is 0.699. The van der Waals surface area contributed by atoms with Crippen LogP contribution >= 0.6 is 11.6 Å². The van der Waals surface area contributed by atoms with Crippen LogP contribution in [0.15, 0.2) is 53.7 Å². The van der Waals surface area contributed by atoms with Gasteiger partial charge in [0.05, 0.1) is 19.4 Å². The number of carbonyl (C=O) groups is 1. The number of rotatable bonds is 7. The highest BCUT2D eigenvalue weighted by Gasteiger charge is 2.35. The Balaban J connectivity index is 1.45. The highest BCUT2D eigenvalue weighted by molar-refractivity contribution is 6.34. The van der Waals surface area contributed by atoms with Crippen LogP contribution in [0.1, 0.15) is 30.4 Å². The first-order chi connectivity index (χ1) is 13.6. The summed E-state index contributed by atoms with van der Waals surface area (Å²) in [7, 11) is 1.65. The normalized spacial score (nSPS) is 18.4. The minimum Gasteiger partial charge on any atom is -0.497 e. The van der Waals surface area contributed by atoms with Crippen LogP contribution in [0.2, 0.25) is 5.02 Å². The Hall–Kier alpha value is -2.53. The van der Waals surface area contributed by atoms with Crippen molar-refractivity contribution in [3.05, 3.63) is 64.7 Å². The van der Waals surface area contributed by atoms with Crippen LogP contribution in [0.3, 0.4) is 0 Å². The zero-order chi connectivity index (χ0) is 19.5. The van der Waals surface area contributed by atoms with Crippen LogP contribution in [0.5, 0.6) is 5.75 Å². The summed E-state index contributed by atoms with van der Waals surface area (Å²) in [5.74, 6) is 1.13. The lowest BCUT2D eigenvalue weighted by atomic mass is 10.0. The van der Waals surface area contributed by atoms with Crippen molar-refractivity contribution >= 4 is 23.2 Å². The van der Waals surface area contributed by atoms with Gasteiger partial charge in [-0.25, -0.2) is 0 Å². The third-order valence-corrected chi connectivity index (χ3v) is 5.42. The SMILES string of the molecule is COc1cccc(CN(CC2CC(c3ccccc3Cl)=NO2)C(=O)C2CC2)c1. The highest BCUT2D eigenvalue weighted by Crippen LogP contribution is 2.32. The smallest absolute Gasteiger partial charge is 0.226 e. The first-order valence-electron chi connectivity index (χ1n) is 9.53. The average molecular weight is 399 g/mol. The summed E-state index contributed by atoms with van der Waals surface area (Å²) in [6.45, 7) is 1.04. The van der Waals surface area contributed by atoms with Crippen LogP contribution in [0.4, 0.5) is 0 Å². The molecule has 0 bridgehead atoms. The average Bonchev–Trinajstić information content (AvgIpc) is 3.47. The maximum Gasteiger partial charge on any atom is 0.226 e. The van der Waals surface area contributed by atoms with Gasteiger partial charge in [-0.2, -0.15) is 0 Å². The predicted octanol–water partition coefficient (Wildman–Crippen LogP) is 4.28. The van der Waals surface area contributed by atoms with Gasteiger partial charge >= 0.3 is 0 Å². The van der Waals surface area contributed by atoms with Crippen LogP contribution in [-0.2, 0) is 16.2 Å². The summed E-state index contributed by atoms with van der Waals surface area (Å²) in [4.78, 5) is 20.4. The molecule has 0 spiro atoms. The fourth-order valence-electron chi connectivity index (χ4n) is 3.44. The zero-order valence-electron chi connectivity index (χ0n) is 15.8. The van der Waals surface area contributed by atoms with Gasteiger partial charge in [0.2, 0.25) is 5.91 Å². The van der Waals surface area contributed by atoms with E-state index in [2.05, 4.69) is 5.16 Å². The third-order valence-electron chi connectivity index (χ3n) is 5.09. The summed E-state index contributed by atoms with van der Waals surface area (Å²) in [6.07, 6.45) is 2.41. The van der Waals surface area contributed by atoms with Crippen LogP contribution in [0, 0.1) is 5.92 Å². The molecular formula is C22H23ClN2O3. The van der Waals surface area contributed by atoms with E-state index in [1.165, 1.54) is 0 Å². The van der Waals surface area contributed by atoms with Gasteiger partial charge in [-0.3, -0.25) is 4.79 Å². The molecule has 1 saturated carbocycles. The lowest BCUT2D eigenvalue weighted by Gasteiger charge is -2.25. The van der Waals surface area contributed by atoms with Crippen molar-refractivity contribution in [2.24, 2.45) is 11.1 Å². The summed E-state index contributed by atoms with van der Waals surface area (Å²) in [5, 5.41) is 4.89. The minimum atomic E-state index is -0.167. The molecule has 146 valence electrons. The van der Waals surface area contributed by atoms with E-state index in [1.807, 2.05) is 53.4 Å². The van der Waals surface area contributed by atoms with Crippen molar-refractivity contribution in [1.82, 2.24) is 4.90 Å². The van der Waals surface area contributed by atoms with Crippen molar-refractivity contribution in [3.63, 3.8) is 0 Å². The highest BCUT2D eigenvalue weighted by atomic mass is 35.5. The Kier molecular flexibility index (Phi) is 5.53. The van der Waals surface area contributed by atoms with Crippen LogP contribution < -0.4 is 4.74 Å². The maximum atomic E-state index is 12.8. The van der Waals surface area contributed by atoms with E-state index in [-0.39, 0.29) is 17.9 Å². The Labute approximate surface area is 169 Å². The molecular weight excluding hydrogens is 376 g/mol. The van der Waals surface area contributed by atoms with Gasteiger partial charge in [-0.15, -0.1) is 0 Å². The number of hydrogen-bond donors (Lipinski definition) is 0. The monoisotopic (exact) mass is 398 g/mol. The van der Waals surface area contributed by atoms with Gasteiger partial charge < -0.3 is 14.5 Å². The van der Waals surface area contributed by atoms with Gasteiger partial charge in [0.25, 0.3) is 0 Å². The third kappa shape index (κ3) is 4.30. The largest absolute Gasteiger partial charge is 0.497 e. The summed E-state index contributed by atoms with van der Waals surface area (Å²) in [6, 6.07) is 15.4.